The summed E-state index contributed by atoms with van der Waals surface area (Å²) >= 11 is 0. The SMILES string of the molecule is CCC(NCc1cc(C)c(C)cc1C)c1ncc[nH]1. The summed E-state index contributed by atoms with van der Waals surface area (Å²) in [4.78, 5) is 7.52. The minimum absolute atomic E-state index is 0.288. The molecule has 0 radical (unpaired) electrons. The molecule has 2 aromatic rings. The molecule has 0 aliphatic heterocycles. The summed E-state index contributed by atoms with van der Waals surface area (Å²) in [6.45, 7) is 9.57. The second-order valence-electron chi connectivity index (χ2n) is 5.18. The van der Waals surface area contributed by atoms with Gasteiger partial charge in [0.2, 0.25) is 0 Å². The van der Waals surface area contributed by atoms with E-state index < -0.39 is 0 Å². The van der Waals surface area contributed by atoms with Crippen LogP contribution in [0.1, 0.15) is 47.5 Å². The van der Waals surface area contributed by atoms with Crippen LogP contribution in [0.2, 0.25) is 0 Å². The fourth-order valence-corrected chi connectivity index (χ4v) is 2.35. The van der Waals surface area contributed by atoms with Crippen LogP contribution in [0, 0.1) is 20.8 Å². The highest BCUT2D eigenvalue weighted by Gasteiger charge is 2.11. The molecule has 1 atom stereocenters. The molecule has 1 unspecified atom stereocenters. The number of nitrogens with one attached hydrogen (secondary N) is 2. The summed E-state index contributed by atoms with van der Waals surface area (Å²) < 4.78 is 0. The van der Waals surface area contributed by atoms with Gasteiger partial charge in [-0.05, 0) is 49.4 Å². The first-order valence-corrected chi connectivity index (χ1v) is 6.91. The third-order valence-corrected chi connectivity index (χ3v) is 3.75. The Kier molecular flexibility index (Phi) is 4.38. The normalized spacial score (nSPS) is 12.6. The van der Waals surface area contributed by atoms with Crippen molar-refractivity contribution in [3.05, 3.63) is 52.6 Å². The topological polar surface area (TPSA) is 40.7 Å². The first-order valence-electron chi connectivity index (χ1n) is 6.91. The van der Waals surface area contributed by atoms with Gasteiger partial charge in [-0.15, -0.1) is 0 Å². The van der Waals surface area contributed by atoms with Crippen LogP contribution in [-0.4, -0.2) is 9.97 Å². The summed E-state index contributed by atoms with van der Waals surface area (Å²) in [5, 5.41) is 3.58. The van der Waals surface area contributed by atoms with Gasteiger partial charge in [0.1, 0.15) is 5.82 Å². The van der Waals surface area contributed by atoms with E-state index in [-0.39, 0.29) is 6.04 Å². The summed E-state index contributed by atoms with van der Waals surface area (Å²) in [5.41, 5.74) is 5.44. The van der Waals surface area contributed by atoms with Crippen molar-refractivity contribution in [2.75, 3.05) is 0 Å². The zero-order valence-electron chi connectivity index (χ0n) is 12.2. The van der Waals surface area contributed by atoms with Crippen LogP contribution in [0.5, 0.6) is 0 Å². The van der Waals surface area contributed by atoms with E-state index >= 15 is 0 Å². The van der Waals surface area contributed by atoms with Crippen LogP contribution < -0.4 is 5.32 Å². The maximum atomic E-state index is 4.34. The molecular formula is C16H23N3. The van der Waals surface area contributed by atoms with Crippen molar-refractivity contribution in [1.82, 2.24) is 15.3 Å². The maximum Gasteiger partial charge on any atom is 0.123 e. The lowest BCUT2D eigenvalue weighted by atomic mass is 10.0. The number of aromatic nitrogens is 2. The number of aryl methyl sites for hydroxylation is 3. The van der Waals surface area contributed by atoms with E-state index in [1.807, 2.05) is 6.20 Å². The van der Waals surface area contributed by atoms with E-state index in [1.165, 1.54) is 22.3 Å². The summed E-state index contributed by atoms with van der Waals surface area (Å²) in [6, 6.07) is 4.84. The smallest absolute Gasteiger partial charge is 0.123 e. The summed E-state index contributed by atoms with van der Waals surface area (Å²) in [6.07, 6.45) is 4.71. The van der Waals surface area contributed by atoms with Gasteiger partial charge in [-0.3, -0.25) is 0 Å². The molecule has 0 fully saturated rings. The Morgan fingerprint density at radius 3 is 2.53 bits per heavy atom. The van der Waals surface area contributed by atoms with Crippen molar-refractivity contribution in [3.8, 4) is 0 Å². The number of H-pyrrole nitrogens is 1. The number of imidazole rings is 1. The minimum atomic E-state index is 0.288. The van der Waals surface area contributed by atoms with Gasteiger partial charge in [0.25, 0.3) is 0 Å². The molecule has 102 valence electrons. The van der Waals surface area contributed by atoms with E-state index in [4.69, 9.17) is 0 Å². The van der Waals surface area contributed by atoms with Crippen LogP contribution in [-0.2, 0) is 6.54 Å². The molecule has 1 aromatic heterocycles. The van der Waals surface area contributed by atoms with Crippen molar-refractivity contribution in [2.45, 2.75) is 46.7 Å². The molecule has 19 heavy (non-hydrogen) atoms. The molecule has 3 heteroatoms. The largest absolute Gasteiger partial charge is 0.347 e. The first-order chi connectivity index (χ1) is 9.11. The molecule has 2 rings (SSSR count). The molecular weight excluding hydrogens is 234 g/mol. The van der Waals surface area contributed by atoms with E-state index in [9.17, 15) is 0 Å². The Balaban J connectivity index is 2.08. The fourth-order valence-electron chi connectivity index (χ4n) is 2.35. The number of hydrogen-bond donors (Lipinski definition) is 2. The zero-order chi connectivity index (χ0) is 13.8. The standard InChI is InChI=1S/C16H23N3/c1-5-15(16-17-6-7-18-16)19-10-14-9-12(3)11(2)8-13(14)4/h6-9,15,19H,5,10H2,1-4H3,(H,17,18). The Bertz CT molecular complexity index is 529. The van der Waals surface area contributed by atoms with Gasteiger partial charge < -0.3 is 10.3 Å². The molecule has 2 N–H and O–H groups in total. The molecule has 3 nitrogen and oxygen atoms in total. The number of rotatable bonds is 5. The van der Waals surface area contributed by atoms with Crippen LogP contribution in [0.3, 0.4) is 0 Å². The van der Waals surface area contributed by atoms with Gasteiger partial charge >= 0.3 is 0 Å². The Morgan fingerprint density at radius 1 is 1.16 bits per heavy atom. The van der Waals surface area contributed by atoms with Gasteiger partial charge in [0.05, 0.1) is 6.04 Å². The Morgan fingerprint density at radius 2 is 1.89 bits per heavy atom. The molecule has 0 amide bonds. The van der Waals surface area contributed by atoms with Crippen molar-refractivity contribution in [2.24, 2.45) is 0 Å². The quantitative estimate of drug-likeness (QED) is 0.859. The van der Waals surface area contributed by atoms with Crippen molar-refractivity contribution < 1.29 is 0 Å². The van der Waals surface area contributed by atoms with Gasteiger partial charge in [-0.25, -0.2) is 4.98 Å². The first kappa shape index (κ1) is 13.8. The van der Waals surface area contributed by atoms with Crippen molar-refractivity contribution >= 4 is 0 Å². The zero-order valence-corrected chi connectivity index (χ0v) is 12.2. The highest BCUT2D eigenvalue weighted by Crippen LogP contribution is 2.17. The number of benzene rings is 1. The van der Waals surface area contributed by atoms with Crippen LogP contribution in [0.4, 0.5) is 0 Å². The van der Waals surface area contributed by atoms with E-state index in [0.717, 1.165) is 18.8 Å². The molecule has 0 aliphatic rings. The fraction of sp³-hybridized carbons (Fsp3) is 0.438. The average molecular weight is 257 g/mol. The van der Waals surface area contributed by atoms with Gasteiger partial charge in [0, 0.05) is 18.9 Å². The van der Waals surface area contributed by atoms with E-state index in [0.29, 0.717) is 0 Å². The molecule has 0 bridgehead atoms. The lowest BCUT2D eigenvalue weighted by Crippen LogP contribution is -2.22. The summed E-state index contributed by atoms with van der Waals surface area (Å²) in [5.74, 6) is 1.02. The second-order valence-corrected chi connectivity index (χ2v) is 5.18. The number of hydrogen-bond acceptors (Lipinski definition) is 2. The van der Waals surface area contributed by atoms with Crippen LogP contribution in [0.15, 0.2) is 24.5 Å². The Labute approximate surface area is 115 Å². The minimum Gasteiger partial charge on any atom is -0.347 e. The number of aromatic amines is 1. The van der Waals surface area contributed by atoms with E-state index in [2.05, 4.69) is 55.1 Å². The average Bonchev–Trinajstić information content (AvgIpc) is 2.90. The highest BCUT2D eigenvalue weighted by molar-refractivity contribution is 5.36. The van der Waals surface area contributed by atoms with Crippen LogP contribution in [0.25, 0.3) is 0 Å². The third kappa shape index (κ3) is 3.24. The lowest BCUT2D eigenvalue weighted by Gasteiger charge is -2.16. The van der Waals surface area contributed by atoms with E-state index in [1.54, 1.807) is 6.20 Å². The third-order valence-electron chi connectivity index (χ3n) is 3.75. The molecule has 0 saturated carbocycles. The molecule has 0 spiro atoms. The Hall–Kier alpha value is -1.61. The predicted molar refractivity (Wildman–Crippen MR) is 79.1 cm³/mol. The molecule has 1 aromatic carbocycles. The predicted octanol–water partition coefficient (Wildman–Crippen LogP) is 3.58. The molecule has 0 saturated heterocycles. The van der Waals surface area contributed by atoms with Gasteiger partial charge in [-0.1, -0.05) is 19.1 Å². The molecule has 0 aliphatic carbocycles. The second kappa shape index (κ2) is 6.02. The lowest BCUT2D eigenvalue weighted by molar-refractivity contribution is 0.497. The van der Waals surface area contributed by atoms with Crippen molar-refractivity contribution in [3.63, 3.8) is 0 Å². The van der Waals surface area contributed by atoms with Crippen LogP contribution >= 0.6 is 0 Å². The number of nitrogens with zero attached hydrogens (tertiary/aromatic N) is 1. The van der Waals surface area contributed by atoms with Gasteiger partial charge in [-0.2, -0.15) is 0 Å². The molecule has 1 heterocycles. The highest BCUT2D eigenvalue weighted by atomic mass is 15.0. The monoisotopic (exact) mass is 257 g/mol. The summed E-state index contributed by atoms with van der Waals surface area (Å²) in [7, 11) is 0. The van der Waals surface area contributed by atoms with Crippen molar-refractivity contribution in [1.29, 1.82) is 0 Å². The van der Waals surface area contributed by atoms with Gasteiger partial charge in [0.15, 0.2) is 0 Å². The maximum absolute atomic E-state index is 4.34.